The second kappa shape index (κ2) is 5.47. The number of hydrogen-bond donors (Lipinski definition) is 0. The molecule has 0 aliphatic heterocycles. The maximum absolute atomic E-state index is 6.13. The fourth-order valence-electron chi connectivity index (χ4n) is 1.89. The highest BCUT2D eigenvalue weighted by Crippen LogP contribution is 2.39. The molecule has 0 saturated heterocycles. The van der Waals surface area contributed by atoms with E-state index in [9.17, 15) is 0 Å². The van der Waals surface area contributed by atoms with Crippen molar-refractivity contribution >= 4 is 35.0 Å². The summed E-state index contributed by atoms with van der Waals surface area (Å²) in [5, 5.41) is 1.92. The second-order valence-corrected chi connectivity index (χ2v) is 5.95. The fraction of sp³-hybridized carbons (Fsp3) is 0.500. The summed E-state index contributed by atoms with van der Waals surface area (Å²) in [6.45, 7) is 0. The highest BCUT2D eigenvalue weighted by atomic mass is 35.5. The van der Waals surface area contributed by atoms with Crippen LogP contribution in [-0.2, 0) is 0 Å². The lowest BCUT2D eigenvalue weighted by Crippen LogP contribution is -2.07. The molecule has 1 aromatic carbocycles. The molecule has 0 nitrogen and oxygen atoms in total. The van der Waals surface area contributed by atoms with E-state index in [1.807, 2.05) is 23.9 Å². The summed E-state index contributed by atoms with van der Waals surface area (Å²) < 4.78 is 0. The van der Waals surface area contributed by atoms with Gasteiger partial charge in [0.1, 0.15) is 0 Å². The molecule has 0 heterocycles. The van der Waals surface area contributed by atoms with Crippen LogP contribution in [0.15, 0.2) is 17.0 Å². The van der Waals surface area contributed by atoms with Gasteiger partial charge in [-0.25, -0.2) is 0 Å². The molecule has 0 atom stereocenters. The SMILES string of the molecule is Clc1[c]ccc(SC2CCCCC2)c1Cl. The van der Waals surface area contributed by atoms with Crippen LogP contribution in [0.25, 0.3) is 0 Å². The third-order valence-corrected chi connectivity index (χ3v) is 5.00. The van der Waals surface area contributed by atoms with Crippen LogP contribution in [0.4, 0.5) is 0 Å². The van der Waals surface area contributed by atoms with Crippen molar-refractivity contribution in [3.63, 3.8) is 0 Å². The Morgan fingerprint density at radius 1 is 1.20 bits per heavy atom. The zero-order chi connectivity index (χ0) is 10.7. The lowest BCUT2D eigenvalue weighted by molar-refractivity contribution is 0.516. The standard InChI is InChI=1S/C12H13Cl2S/c13-10-7-4-8-11(12(10)14)15-9-5-2-1-3-6-9/h4,8-9H,1-3,5-6H2. The molecular formula is C12H13Cl2S. The maximum atomic E-state index is 6.13. The van der Waals surface area contributed by atoms with Crippen LogP contribution in [0.5, 0.6) is 0 Å². The Kier molecular flexibility index (Phi) is 4.24. The van der Waals surface area contributed by atoms with Crippen molar-refractivity contribution in [3.8, 4) is 0 Å². The molecule has 0 amide bonds. The molecule has 0 spiro atoms. The third-order valence-electron chi connectivity index (χ3n) is 2.70. The molecule has 1 aliphatic carbocycles. The molecule has 1 aromatic rings. The molecule has 15 heavy (non-hydrogen) atoms. The van der Waals surface area contributed by atoms with E-state index in [1.54, 1.807) is 0 Å². The highest BCUT2D eigenvalue weighted by Gasteiger charge is 2.16. The Hall–Kier alpha value is 0.150. The highest BCUT2D eigenvalue weighted by molar-refractivity contribution is 8.00. The van der Waals surface area contributed by atoms with Gasteiger partial charge in [0.25, 0.3) is 0 Å². The number of thioether (sulfide) groups is 1. The Morgan fingerprint density at radius 2 is 1.93 bits per heavy atom. The molecule has 3 heteroatoms. The largest absolute Gasteiger partial charge is 0.121 e. The van der Waals surface area contributed by atoms with E-state index in [0.717, 1.165) is 10.1 Å². The maximum Gasteiger partial charge on any atom is 0.0734 e. The van der Waals surface area contributed by atoms with Gasteiger partial charge in [0.05, 0.1) is 10.0 Å². The van der Waals surface area contributed by atoms with Gasteiger partial charge in [-0.1, -0.05) is 48.5 Å². The van der Waals surface area contributed by atoms with Crippen LogP contribution >= 0.6 is 35.0 Å². The van der Waals surface area contributed by atoms with Crippen molar-refractivity contribution in [3.05, 3.63) is 28.2 Å². The summed E-state index contributed by atoms with van der Waals surface area (Å²) in [7, 11) is 0. The van der Waals surface area contributed by atoms with E-state index in [1.165, 1.54) is 32.1 Å². The van der Waals surface area contributed by atoms with Crippen molar-refractivity contribution in [1.29, 1.82) is 0 Å². The Labute approximate surface area is 105 Å². The Bertz CT molecular complexity index is 332. The Morgan fingerprint density at radius 3 is 2.67 bits per heavy atom. The van der Waals surface area contributed by atoms with Crippen molar-refractivity contribution in [2.24, 2.45) is 0 Å². The van der Waals surface area contributed by atoms with Crippen molar-refractivity contribution in [2.75, 3.05) is 0 Å². The summed E-state index contributed by atoms with van der Waals surface area (Å²) in [5.74, 6) is 0. The quantitative estimate of drug-likeness (QED) is 0.702. The van der Waals surface area contributed by atoms with Crippen LogP contribution in [-0.4, -0.2) is 5.25 Å². The predicted molar refractivity (Wildman–Crippen MR) is 68.0 cm³/mol. The van der Waals surface area contributed by atoms with E-state index in [2.05, 4.69) is 6.07 Å². The monoisotopic (exact) mass is 259 g/mol. The van der Waals surface area contributed by atoms with Gasteiger partial charge in [-0.05, 0) is 18.9 Å². The summed E-state index contributed by atoms with van der Waals surface area (Å²) in [4.78, 5) is 1.10. The molecule has 0 aromatic heterocycles. The molecule has 0 N–H and O–H groups in total. The van der Waals surface area contributed by atoms with Gasteiger partial charge in [0, 0.05) is 16.2 Å². The minimum Gasteiger partial charge on any atom is -0.121 e. The molecule has 0 bridgehead atoms. The van der Waals surface area contributed by atoms with Crippen LogP contribution in [0.1, 0.15) is 32.1 Å². The van der Waals surface area contributed by atoms with Gasteiger partial charge in [0.2, 0.25) is 0 Å². The van der Waals surface area contributed by atoms with Gasteiger partial charge in [-0.15, -0.1) is 11.8 Å². The van der Waals surface area contributed by atoms with Gasteiger partial charge in [0.15, 0.2) is 0 Å². The van der Waals surface area contributed by atoms with Crippen molar-refractivity contribution < 1.29 is 0 Å². The van der Waals surface area contributed by atoms with Crippen molar-refractivity contribution in [2.45, 2.75) is 42.2 Å². The van der Waals surface area contributed by atoms with E-state index in [4.69, 9.17) is 23.2 Å². The van der Waals surface area contributed by atoms with E-state index in [-0.39, 0.29) is 0 Å². The first-order chi connectivity index (χ1) is 7.27. The predicted octanol–water partition coefficient (Wildman–Crippen LogP) is 5.22. The second-order valence-electron chi connectivity index (χ2n) is 3.85. The van der Waals surface area contributed by atoms with Gasteiger partial charge >= 0.3 is 0 Å². The summed E-state index contributed by atoms with van der Waals surface area (Å²) in [6.07, 6.45) is 6.69. The number of rotatable bonds is 2. The molecule has 2 rings (SSSR count). The van der Waals surface area contributed by atoms with Crippen LogP contribution in [0.2, 0.25) is 10.0 Å². The van der Waals surface area contributed by atoms with Crippen LogP contribution in [0, 0.1) is 6.07 Å². The third kappa shape index (κ3) is 3.05. The fourth-order valence-corrected chi connectivity index (χ4v) is 3.64. The van der Waals surface area contributed by atoms with Gasteiger partial charge in [-0.3, -0.25) is 0 Å². The first-order valence-electron chi connectivity index (χ1n) is 5.29. The first-order valence-corrected chi connectivity index (χ1v) is 6.93. The Balaban J connectivity index is 2.06. The summed E-state index contributed by atoms with van der Waals surface area (Å²) in [6, 6.07) is 6.75. The van der Waals surface area contributed by atoms with E-state index in [0.29, 0.717) is 10.0 Å². The molecule has 81 valence electrons. The van der Waals surface area contributed by atoms with Gasteiger partial charge in [-0.2, -0.15) is 0 Å². The minimum atomic E-state index is 0.539. The average Bonchev–Trinajstić information content (AvgIpc) is 2.26. The minimum absolute atomic E-state index is 0.539. The molecule has 1 fully saturated rings. The van der Waals surface area contributed by atoms with Gasteiger partial charge < -0.3 is 0 Å². The molecule has 0 unspecified atom stereocenters. The number of halogens is 2. The number of hydrogen-bond acceptors (Lipinski definition) is 1. The van der Waals surface area contributed by atoms with Crippen LogP contribution < -0.4 is 0 Å². The summed E-state index contributed by atoms with van der Waals surface area (Å²) >= 11 is 13.9. The lowest BCUT2D eigenvalue weighted by atomic mass is 10.0. The normalized spacial score (nSPS) is 18.0. The average molecular weight is 260 g/mol. The molecule has 1 radical (unpaired) electrons. The zero-order valence-electron chi connectivity index (χ0n) is 8.43. The van der Waals surface area contributed by atoms with Crippen molar-refractivity contribution in [1.82, 2.24) is 0 Å². The smallest absolute Gasteiger partial charge is 0.0734 e. The number of benzene rings is 1. The lowest BCUT2D eigenvalue weighted by Gasteiger charge is -2.21. The van der Waals surface area contributed by atoms with Crippen LogP contribution in [0.3, 0.4) is 0 Å². The summed E-state index contributed by atoms with van der Waals surface area (Å²) in [5.41, 5.74) is 0. The first kappa shape index (κ1) is 11.6. The topological polar surface area (TPSA) is 0 Å². The molecular weight excluding hydrogens is 247 g/mol. The van der Waals surface area contributed by atoms with E-state index >= 15 is 0 Å². The zero-order valence-corrected chi connectivity index (χ0v) is 10.8. The molecule has 1 saturated carbocycles. The van der Waals surface area contributed by atoms with E-state index < -0.39 is 0 Å². The molecule has 1 aliphatic rings.